The van der Waals surface area contributed by atoms with Gasteiger partial charge in [-0.05, 0) is 37.0 Å². The zero-order valence-corrected chi connectivity index (χ0v) is 20.1. The Kier molecular flexibility index (Phi) is 8.79. The van der Waals surface area contributed by atoms with Gasteiger partial charge in [-0.25, -0.2) is 5.06 Å². The third-order valence-corrected chi connectivity index (χ3v) is 6.81. The van der Waals surface area contributed by atoms with Gasteiger partial charge in [0.15, 0.2) is 17.8 Å². The van der Waals surface area contributed by atoms with Gasteiger partial charge in [-0.3, -0.25) is 19.3 Å². The first-order chi connectivity index (χ1) is 17.0. The van der Waals surface area contributed by atoms with Gasteiger partial charge < -0.3 is 29.8 Å². The smallest absolute Gasteiger partial charge is 0.308 e. The Morgan fingerprint density at radius 1 is 1.20 bits per heavy atom. The van der Waals surface area contributed by atoms with Crippen molar-refractivity contribution < 1.29 is 38.5 Å². The molecular formula is C24H35N3O8. The van der Waals surface area contributed by atoms with E-state index in [1.165, 1.54) is 5.06 Å². The van der Waals surface area contributed by atoms with Crippen molar-refractivity contribution in [3.8, 4) is 11.5 Å². The van der Waals surface area contributed by atoms with E-state index in [2.05, 4.69) is 0 Å². The molecule has 0 saturated carbocycles. The highest BCUT2D eigenvalue weighted by molar-refractivity contribution is 5.78. The number of benzene rings is 1. The van der Waals surface area contributed by atoms with Crippen molar-refractivity contribution in [1.29, 1.82) is 0 Å². The van der Waals surface area contributed by atoms with Crippen molar-refractivity contribution in [2.24, 2.45) is 11.7 Å². The first kappa shape index (κ1) is 25.6. The molecule has 0 bridgehead atoms. The number of carbonyl (C=O) groups excluding carboxylic acids is 1. The van der Waals surface area contributed by atoms with Crippen LogP contribution in [-0.2, 0) is 23.9 Å². The van der Waals surface area contributed by atoms with E-state index in [0.29, 0.717) is 50.6 Å². The normalized spacial score (nSPS) is 24.2. The molecule has 2 saturated heterocycles. The van der Waals surface area contributed by atoms with Gasteiger partial charge in [0.05, 0.1) is 25.7 Å². The number of hydrogen-bond acceptors (Lipinski definition) is 9. The minimum Gasteiger partial charge on any atom is -0.481 e. The molecule has 11 nitrogen and oxygen atoms in total. The van der Waals surface area contributed by atoms with Crippen LogP contribution in [-0.4, -0.2) is 85.6 Å². The van der Waals surface area contributed by atoms with Crippen LogP contribution in [0, 0.1) is 5.92 Å². The summed E-state index contributed by atoms with van der Waals surface area (Å²) in [6.07, 6.45) is 2.39. The Labute approximate surface area is 204 Å². The number of likely N-dealkylation sites (tertiary alicyclic amines) is 1. The molecule has 3 N–H and O–H groups in total. The van der Waals surface area contributed by atoms with Crippen LogP contribution in [0.5, 0.6) is 11.5 Å². The Balaban J connectivity index is 1.56. The highest BCUT2D eigenvalue weighted by atomic mass is 16.7. The van der Waals surface area contributed by atoms with Gasteiger partial charge >= 0.3 is 5.97 Å². The summed E-state index contributed by atoms with van der Waals surface area (Å²) in [6, 6.07) is 5.15. The van der Waals surface area contributed by atoms with E-state index in [0.717, 1.165) is 18.4 Å². The lowest BCUT2D eigenvalue weighted by Crippen LogP contribution is -2.45. The third-order valence-electron chi connectivity index (χ3n) is 6.81. The van der Waals surface area contributed by atoms with Crippen molar-refractivity contribution in [2.45, 2.75) is 50.9 Å². The predicted octanol–water partition coefficient (Wildman–Crippen LogP) is 1.51. The van der Waals surface area contributed by atoms with Crippen LogP contribution in [0.4, 0.5) is 0 Å². The maximum absolute atomic E-state index is 13.1. The fourth-order valence-corrected chi connectivity index (χ4v) is 5.12. The van der Waals surface area contributed by atoms with Gasteiger partial charge in [0.2, 0.25) is 6.79 Å². The number of carboxylic acids is 1. The summed E-state index contributed by atoms with van der Waals surface area (Å²) in [4.78, 5) is 33.0. The minimum atomic E-state index is -0.901. The zero-order valence-electron chi connectivity index (χ0n) is 20.1. The number of nitrogens with zero attached hydrogens (tertiary/aromatic N) is 2. The first-order valence-corrected chi connectivity index (χ1v) is 12.2. The summed E-state index contributed by atoms with van der Waals surface area (Å²) in [7, 11) is 0. The molecule has 1 aromatic rings. The first-order valence-electron chi connectivity index (χ1n) is 12.2. The van der Waals surface area contributed by atoms with E-state index in [1.54, 1.807) is 6.07 Å². The summed E-state index contributed by atoms with van der Waals surface area (Å²) in [5, 5.41) is 11.6. The largest absolute Gasteiger partial charge is 0.481 e. The molecule has 2 fully saturated rings. The summed E-state index contributed by atoms with van der Waals surface area (Å²) < 4.78 is 22.1. The molecule has 1 amide bonds. The fraction of sp³-hybridized carbons (Fsp3) is 0.667. The summed E-state index contributed by atoms with van der Waals surface area (Å²) in [6.45, 7) is 4.00. The van der Waals surface area contributed by atoms with Gasteiger partial charge in [-0.1, -0.05) is 19.4 Å². The van der Waals surface area contributed by atoms with Crippen LogP contribution < -0.4 is 15.2 Å². The lowest BCUT2D eigenvalue weighted by atomic mass is 9.83. The van der Waals surface area contributed by atoms with Gasteiger partial charge in [0.25, 0.3) is 5.91 Å². The predicted molar refractivity (Wildman–Crippen MR) is 123 cm³/mol. The van der Waals surface area contributed by atoms with Gasteiger partial charge in [-0.2, -0.15) is 0 Å². The van der Waals surface area contributed by atoms with Crippen molar-refractivity contribution in [1.82, 2.24) is 9.96 Å². The Morgan fingerprint density at radius 2 is 1.97 bits per heavy atom. The number of nitrogens with two attached hydrogens (primary N) is 1. The van der Waals surface area contributed by atoms with Crippen LogP contribution in [0.3, 0.4) is 0 Å². The number of rotatable bonds is 12. The highest BCUT2D eigenvalue weighted by Gasteiger charge is 2.47. The fourth-order valence-electron chi connectivity index (χ4n) is 5.12. The number of carboxylic acid groups (broad SMARTS) is 1. The van der Waals surface area contributed by atoms with Crippen LogP contribution in [0.15, 0.2) is 18.2 Å². The van der Waals surface area contributed by atoms with E-state index in [9.17, 15) is 14.7 Å². The van der Waals surface area contributed by atoms with Gasteiger partial charge in [-0.15, -0.1) is 0 Å². The number of unbranched alkanes of at least 4 members (excludes halogenated alkanes) is 1. The molecule has 0 aliphatic carbocycles. The molecule has 0 spiro atoms. The Hall–Kier alpha value is -2.44. The minimum absolute atomic E-state index is 0.0333. The number of amides is 1. The average molecular weight is 494 g/mol. The molecule has 3 aliphatic heterocycles. The molecule has 1 unspecified atom stereocenters. The standard InChI is InChI=1S/C24H35N3O8/c1-2-3-8-27(35-14-25)21(28)13-26-12-17(16-4-6-19-20(11-16)34-15-33-19)23(24(29)30)18(26)5-7-22-31-9-10-32-22/h4,6,11,17-18,22-23H,2-3,5,7-10,12-15,25H2,1H3,(H,29,30)/t17-,18+,23?/m1/s1. The molecule has 1 aromatic carbocycles. The molecule has 0 aromatic heterocycles. The van der Waals surface area contributed by atoms with Crippen molar-refractivity contribution in [3.63, 3.8) is 0 Å². The maximum Gasteiger partial charge on any atom is 0.308 e. The number of ether oxygens (including phenoxy) is 4. The Bertz CT molecular complexity index is 878. The van der Waals surface area contributed by atoms with E-state index in [4.69, 9.17) is 29.5 Å². The molecule has 3 aliphatic rings. The number of aliphatic carboxylic acids is 1. The molecule has 35 heavy (non-hydrogen) atoms. The lowest BCUT2D eigenvalue weighted by Gasteiger charge is -2.29. The zero-order chi connectivity index (χ0) is 24.8. The third kappa shape index (κ3) is 6.04. The number of hydrogen-bond donors (Lipinski definition) is 2. The number of hydroxylamine groups is 2. The van der Waals surface area contributed by atoms with E-state index in [1.807, 2.05) is 24.0 Å². The van der Waals surface area contributed by atoms with Crippen molar-refractivity contribution in [2.75, 3.05) is 46.4 Å². The van der Waals surface area contributed by atoms with Crippen molar-refractivity contribution in [3.05, 3.63) is 23.8 Å². The lowest BCUT2D eigenvalue weighted by molar-refractivity contribution is -0.187. The second-order valence-corrected chi connectivity index (χ2v) is 8.97. The van der Waals surface area contributed by atoms with Crippen LogP contribution in [0.1, 0.15) is 44.1 Å². The molecule has 3 heterocycles. The SMILES string of the molecule is CCCCN(OCN)C(=O)CN1C[C@H](c2ccc3c(c2)OCO3)C(C(=O)O)[C@@H]1CCC1OCCO1. The van der Waals surface area contributed by atoms with Crippen LogP contribution in [0.25, 0.3) is 0 Å². The summed E-state index contributed by atoms with van der Waals surface area (Å²) in [5.74, 6) is -0.940. The van der Waals surface area contributed by atoms with Crippen LogP contribution >= 0.6 is 0 Å². The molecule has 3 atom stereocenters. The number of carbonyl (C=O) groups is 2. The van der Waals surface area contributed by atoms with Crippen molar-refractivity contribution >= 4 is 11.9 Å². The van der Waals surface area contributed by atoms with Gasteiger partial charge in [0.1, 0.15) is 6.73 Å². The second kappa shape index (κ2) is 12.0. The van der Waals surface area contributed by atoms with Crippen LogP contribution in [0.2, 0.25) is 0 Å². The molecule has 194 valence electrons. The molecule has 4 rings (SSSR count). The molecule has 11 heteroatoms. The highest BCUT2D eigenvalue weighted by Crippen LogP contribution is 2.43. The molecular weight excluding hydrogens is 458 g/mol. The van der Waals surface area contributed by atoms with E-state index in [-0.39, 0.29) is 44.2 Å². The Morgan fingerprint density at radius 3 is 2.69 bits per heavy atom. The summed E-state index contributed by atoms with van der Waals surface area (Å²) >= 11 is 0. The monoisotopic (exact) mass is 493 g/mol. The van der Waals surface area contributed by atoms with E-state index >= 15 is 0 Å². The van der Waals surface area contributed by atoms with Gasteiger partial charge in [0, 0.05) is 25.0 Å². The second-order valence-electron chi connectivity index (χ2n) is 8.97. The number of fused-ring (bicyclic) bond motifs is 1. The summed E-state index contributed by atoms with van der Waals surface area (Å²) in [5.41, 5.74) is 6.38. The topological polar surface area (TPSA) is 133 Å². The average Bonchev–Trinajstić information content (AvgIpc) is 3.59. The maximum atomic E-state index is 13.1. The quantitative estimate of drug-likeness (QED) is 0.326. The molecule has 0 radical (unpaired) electrons. The van der Waals surface area contributed by atoms with E-state index < -0.39 is 11.9 Å².